The lowest BCUT2D eigenvalue weighted by atomic mass is 10.1. The van der Waals surface area contributed by atoms with Gasteiger partial charge in [-0.3, -0.25) is 9.89 Å². The minimum Gasteiger partial charge on any atom is -0.493 e. The van der Waals surface area contributed by atoms with Crippen LogP contribution in [0.2, 0.25) is 5.02 Å². The number of hydrogen-bond acceptors (Lipinski definition) is 4. The fraction of sp³-hybridized carbons (Fsp3) is 0.200. The van der Waals surface area contributed by atoms with Crippen LogP contribution in [-0.2, 0) is 0 Å². The Morgan fingerprint density at radius 2 is 1.93 bits per heavy atom. The first-order chi connectivity index (χ1) is 13.0. The number of halogens is 1. The van der Waals surface area contributed by atoms with Crippen LogP contribution in [0.1, 0.15) is 28.9 Å². The molecule has 0 fully saturated rings. The molecule has 0 unspecified atom stereocenters. The van der Waals surface area contributed by atoms with E-state index in [1.165, 1.54) is 6.20 Å². The lowest BCUT2D eigenvalue weighted by Gasteiger charge is -2.16. The lowest BCUT2D eigenvalue weighted by Crippen LogP contribution is -2.26. The second-order valence-corrected chi connectivity index (χ2v) is 6.42. The summed E-state index contributed by atoms with van der Waals surface area (Å²) >= 11 is 6.05. The molecule has 7 heteroatoms. The molecule has 6 nitrogen and oxygen atoms in total. The summed E-state index contributed by atoms with van der Waals surface area (Å²) in [4.78, 5) is 12.8. The van der Waals surface area contributed by atoms with Gasteiger partial charge >= 0.3 is 0 Å². The minimum absolute atomic E-state index is 0.235. The SMILES string of the molecule is COc1ccc([C@H](C)NC(=O)c2cn[nH]c2-c2cccc(Cl)c2)cc1OC. The summed E-state index contributed by atoms with van der Waals surface area (Å²) in [6.07, 6.45) is 1.51. The predicted octanol–water partition coefficient (Wildman–Crippen LogP) is 4.24. The highest BCUT2D eigenvalue weighted by Gasteiger charge is 2.19. The Bertz CT molecular complexity index is 955. The monoisotopic (exact) mass is 385 g/mol. The number of nitrogens with zero attached hydrogens (tertiary/aromatic N) is 1. The van der Waals surface area contributed by atoms with Crippen LogP contribution in [0.15, 0.2) is 48.7 Å². The van der Waals surface area contributed by atoms with E-state index in [-0.39, 0.29) is 11.9 Å². The highest BCUT2D eigenvalue weighted by atomic mass is 35.5. The molecule has 0 aliphatic rings. The topological polar surface area (TPSA) is 76.2 Å². The number of carbonyl (C=O) groups is 1. The van der Waals surface area contributed by atoms with Gasteiger partial charge in [0.05, 0.1) is 37.7 Å². The quantitative estimate of drug-likeness (QED) is 0.665. The van der Waals surface area contributed by atoms with Crippen molar-refractivity contribution in [1.82, 2.24) is 15.5 Å². The molecule has 0 saturated heterocycles. The normalized spacial score (nSPS) is 11.7. The Hall–Kier alpha value is -2.99. The smallest absolute Gasteiger partial charge is 0.255 e. The molecule has 2 aromatic carbocycles. The molecule has 0 aliphatic heterocycles. The third-order valence-corrected chi connectivity index (χ3v) is 4.49. The van der Waals surface area contributed by atoms with Gasteiger partial charge in [0.1, 0.15) is 0 Å². The van der Waals surface area contributed by atoms with Gasteiger partial charge in [-0.25, -0.2) is 0 Å². The van der Waals surface area contributed by atoms with E-state index in [0.717, 1.165) is 11.1 Å². The molecule has 1 heterocycles. The molecule has 0 spiro atoms. The molecular weight excluding hydrogens is 366 g/mol. The van der Waals surface area contributed by atoms with E-state index in [4.69, 9.17) is 21.1 Å². The van der Waals surface area contributed by atoms with E-state index in [0.29, 0.717) is 27.8 Å². The molecule has 0 aliphatic carbocycles. The summed E-state index contributed by atoms with van der Waals surface area (Å²) < 4.78 is 10.6. The number of aromatic nitrogens is 2. The standard InChI is InChI=1S/C20H20ClN3O3/c1-12(13-7-8-17(26-2)18(10-13)27-3)23-20(25)16-11-22-24-19(16)14-5-4-6-15(21)9-14/h4-12H,1-3H3,(H,22,24)(H,23,25)/t12-/m0/s1. The number of hydrogen-bond donors (Lipinski definition) is 2. The van der Waals surface area contributed by atoms with Crippen molar-refractivity contribution in [2.24, 2.45) is 0 Å². The molecule has 140 valence electrons. The molecule has 0 radical (unpaired) electrons. The van der Waals surface area contributed by atoms with Crippen LogP contribution >= 0.6 is 11.6 Å². The van der Waals surface area contributed by atoms with Crippen LogP contribution < -0.4 is 14.8 Å². The van der Waals surface area contributed by atoms with Crippen LogP contribution in [0.3, 0.4) is 0 Å². The number of carbonyl (C=O) groups excluding carboxylic acids is 1. The Morgan fingerprint density at radius 3 is 2.63 bits per heavy atom. The van der Waals surface area contributed by atoms with Crippen molar-refractivity contribution in [3.05, 3.63) is 64.8 Å². The number of benzene rings is 2. The highest BCUT2D eigenvalue weighted by molar-refractivity contribution is 6.30. The van der Waals surface area contributed by atoms with Gasteiger partial charge in [-0.05, 0) is 36.8 Å². The molecular formula is C20H20ClN3O3. The van der Waals surface area contributed by atoms with Crippen molar-refractivity contribution < 1.29 is 14.3 Å². The number of ether oxygens (including phenoxy) is 2. The molecule has 0 bridgehead atoms. The minimum atomic E-state index is -0.237. The molecule has 3 aromatic rings. The average Bonchev–Trinajstić information content (AvgIpc) is 3.17. The summed E-state index contributed by atoms with van der Waals surface area (Å²) in [7, 11) is 3.16. The van der Waals surface area contributed by atoms with Crippen LogP contribution in [0.4, 0.5) is 0 Å². The second-order valence-electron chi connectivity index (χ2n) is 5.98. The van der Waals surface area contributed by atoms with Crippen LogP contribution in [0.25, 0.3) is 11.3 Å². The average molecular weight is 386 g/mol. The number of methoxy groups -OCH3 is 2. The van der Waals surface area contributed by atoms with Crippen LogP contribution in [-0.4, -0.2) is 30.3 Å². The summed E-state index contributed by atoms with van der Waals surface area (Å²) in [6.45, 7) is 1.90. The summed E-state index contributed by atoms with van der Waals surface area (Å²) in [5.41, 5.74) is 2.76. The maximum absolute atomic E-state index is 12.8. The zero-order valence-corrected chi connectivity index (χ0v) is 16.0. The Balaban J connectivity index is 1.81. The van der Waals surface area contributed by atoms with Crippen LogP contribution in [0.5, 0.6) is 11.5 Å². The molecule has 1 atom stereocenters. The molecule has 3 rings (SSSR count). The molecule has 0 saturated carbocycles. The van der Waals surface area contributed by atoms with Crippen molar-refractivity contribution in [1.29, 1.82) is 0 Å². The fourth-order valence-corrected chi connectivity index (χ4v) is 2.99. The van der Waals surface area contributed by atoms with Gasteiger partial charge in [0.15, 0.2) is 11.5 Å². The molecule has 27 heavy (non-hydrogen) atoms. The van der Waals surface area contributed by atoms with E-state index >= 15 is 0 Å². The highest BCUT2D eigenvalue weighted by Crippen LogP contribution is 2.30. The number of aromatic amines is 1. The molecule has 1 aromatic heterocycles. The predicted molar refractivity (Wildman–Crippen MR) is 104 cm³/mol. The fourth-order valence-electron chi connectivity index (χ4n) is 2.80. The van der Waals surface area contributed by atoms with Crippen molar-refractivity contribution >= 4 is 17.5 Å². The molecule has 2 N–H and O–H groups in total. The van der Waals surface area contributed by atoms with E-state index in [9.17, 15) is 4.79 Å². The zero-order chi connectivity index (χ0) is 19.4. The first-order valence-electron chi connectivity index (χ1n) is 8.35. The van der Waals surface area contributed by atoms with E-state index in [1.807, 2.05) is 37.3 Å². The first kappa shape index (κ1) is 18.8. The van der Waals surface area contributed by atoms with Gasteiger partial charge in [0.25, 0.3) is 5.91 Å². The van der Waals surface area contributed by atoms with Crippen molar-refractivity contribution in [2.75, 3.05) is 14.2 Å². The lowest BCUT2D eigenvalue weighted by molar-refractivity contribution is 0.0940. The van der Waals surface area contributed by atoms with E-state index < -0.39 is 0 Å². The maximum Gasteiger partial charge on any atom is 0.255 e. The van der Waals surface area contributed by atoms with Gasteiger partial charge in [-0.2, -0.15) is 5.10 Å². The Labute approximate surface area is 162 Å². The third-order valence-electron chi connectivity index (χ3n) is 4.25. The van der Waals surface area contributed by atoms with E-state index in [1.54, 1.807) is 26.4 Å². The summed E-state index contributed by atoms with van der Waals surface area (Å²) in [5.74, 6) is 1.01. The van der Waals surface area contributed by atoms with E-state index in [2.05, 4.69) is 15.5 Å². The van der Waals surface area contributed by atoms with Crippen molar-refractivity contribution in [3.8, 4) is 22.8 Å². The Morgan fingerprint density at radius 1 is 1.15 bits per heavy atom. The molecule has 1 amide bonds. The third kappa shape index (κ3) is 4.06. The first-order valence-corrected chi connectivity index (χ1v) is 8.73. The zero-order valence-electron chi connectivity index (χ0n) is 15.2. The summed E-state index contributed by atoms with van der Waals surface area (Å²) in [5, 5.41) is 10.5. The Kier molecular flexibility index (Phi) is 5.66. The van der Waals surface area contributed by atoms with Crippen molar-refractivity contribution in [3.63, 3.8) is 0 Å². The number of rotatable bonds is 6. The number of amides is 1. The van der Waals surface area contributed by atoms with Gasteiger partial charge in [-0.1, -0.05) is 29.8 Å². The van der Waals surface area contributed by atoms with Gasteiger partial charge in [-0.15, -0.1) is 0 Å². The number of H-pyrrole nitrogens is 1. The van der Waals surface area contributed by atoms with Gasteiger partial charge in [0, 0.05) is 10.6 Å². The summed E-state index contributed by atoms with van der Waals surface area (Å²) in [6, 6.07) is 12.6. The maximum atomic E-state index is 12.8. The van der Waals surface area contributed by atoms with Crippen LogP contribution in [0, 0.1) is 0 Å². The van der Waals surface area contributed by atoms with Gasteiger partial charge < -0.3 is 14.8 Å². The van der Waals surface area contributed by atoms with Gasteiger partial charge in [0.2, 0.25) is 0 Å². The number of nitrogens with one attached hydrogen (secondary N) is 2. The second kappa shape index (κ2) is 8.14. The van der Waals surface area contributed by atoms with Crippen molar-refractivity contribution in [2.45, 2.75) is 13.0 Å². The largest absolute Gasteiger partial charge is 0.493 e.